The third kappa shape index (κ3) is 1.32. The summed E-state index contributed by atoms with van der Waals surface area (Å²) in [6, 6.07) is 4.17. The molecular weight excluding hydrogens is 248 g/mol. The van der Waals surface area contributed by atoms with E-state index in [-0.39, 0.29) is 0 Å². The molecular formula is C16H20N4. The Kier molecular flexibility index (Phi) is 1.97. The number of anilines is 1. The molecule has 0 radical (unpaired) electrons. The normalized spacial score (nSPS) is 37.4. The summed E-state index contributed by atoms with van der Waals surface area (Å²) in [6.07, 6.45) is 4.42. The van der Waals surface area contributed by atoms with Crippen LogP contribution in [0.25, 0.3) is 11.2 Å². The van der Waals surface area contributed by atoms with Crippen molar-refractivity contribution in [1.82, 2.24) is 15.0 Å². The molecule has 2 aromatic rings. The quantitative estimate of drug-likeness (QED) is 0.911. The monoisotopic (exact) mass is 268 g/mol. The summed E-state index contributed by atoms with van der Waals surface area (Å²) in [7, 11) is 4.04. The van der Waals surface area contributed by atoms with Crippen LogP contribution in [-0.4, -0.2) is 29.0 Å². The number of fused-ring (bicyclic) bond motifs is 6. The van der Waals surface area contributed by atoms with Gasteiger partial charge in [-0.25, -0.2) is 9.97 Å². The first-order chi connectivity index (χ1) is 9.72. The molecule has 0 aromatic carbocycles. The summed E-state index contributed by atoms with van der Waals surface area (Å²) in [6.45, 7) is 0. The van der Waals surface area contributed by atoms with Crippen molar-refractivity contribution < 1.29 is 0 Å². The molecule has 4 atom stereocenters. The Morgan fingerprint density at radius 2 is 1.85 bits per heavy atom. The van der Waals surface area contributed by atoms with E-state index in [1.807, 2.05) is 19.0 Å². The van der Waals surface area contributed by atoms with Gasteiger partial charge in [0.1, 0.15) is 11.6 Å². The number of H-pyrrole nitrogens is 1. The minimum atomic E-state index is 0.707. The van der Waals surface area contributed by atoms with E-state index in [9.17, 15) is 0 Å². The molecule has 4 nitrogen and oxygen atoms in total. The summed E-state index contributed by atoms with van der Waals surface area (Å²) < 4.78 is 0. The maximum absolute atomic E-state index is 4.80. The van der Waals surface area contributed by atoms with E-state index in [0.717, 1.165) is 40.7 Å². The van der Waals surface area contributed by atoms with Crippen LogP contribution in [0.2, 0.25) is 0 Å². The molecule has 4 heteroatoms. The van der Waals surface area contributed by atoms with E-state index < -0.39 is 0 Å². The van der Waals surface area contributed by atoms with Crippen molar-refractivity contribution in [2.45, 2.75) is 25.2 Å². The van der Waals surface area contributed by atoms with Gasteiger partial charge >= 0.3 is 0 Å². The fraction of sp³-hybridized carbons (Fsp3) is 0.625. The topological polar surface area (TPSA) is 44.8 Å². The Labute approximate surface area is 118 Å². The van der Waals surface area contributed by atoms with Crippen molar-refractivity contribution in [3.8, 4) is 0 Å². The number of nitrogens with zero attached hydrogens (tertiary/aromatic N) is 3. The molecule has 1 N–H and O–H groups in total. The predicted molar refractivity (Wildman–Crippen MR) is 78.8 cm³/mol. The average Bonchev–Trinajstić information content (AvgIpc) is 2.82. The number of rotatable bonds is 2. The summed E-state index contributed by atoms with van der Waals surface area (Å²) in [5.41, 5.74) is 1.96. The fourth-order valence-electron chi connectivity index (χ4n) is 5.00. The highest BCUT2D eigenvalue weighted by molar-refractivity contribution is 5.73. The van der Waals surface area contributed by atoms with Gasteiger partial charge in [-0.05, 0) is 55.1 Å². The van der Waals surface area contributed by atoms with Crippen LogP contribution in [-0.2, 0) is 0 Å². The molecule has 0 aliphatic heterocycles. The van der Waals surface area contributed by atoms with Gasteiger partial charge < -0.3 is 9.88 Å². The third-order valence-electron chi connectivity index (χ3n) is 5.86. The van der Waals surface area contributed by atoms with Crippen molar-refractivity contribution in [2.24, 2.45) is 23.7 Å². The fourth-order valence-corrected chi connectivity index (χ4v) is 5.00. The molecule has 104 valence electrons. The molecule has 3 saturated carbocycles. The average molecular weight is 268 g/mol. The summed E-state index contributed by atoms with van der Waals surface area (Å²) >= 11 is 0. The van der Waals surface area contributed by atoms with Crippen molar-refractivity contribution in [2.75, 3.05) is 19.0 Å². The molecule has 0 amide bonds. The summed E-state index contributed by atoms with van der Waals surface area (Å²) in [5.74, 6) is 6.74. The van der Waals surface area contributed by atoms with Gasteiger partial charge in [0.2, 0.25) is 0 Å². The Morgan fingerprint density at radius 1 is 1.10 bits per heavy atom. The van der Waals surface area contributed by atoms with Gasteiger partial charge in [-0.2, -0.15) is 0 Å². The zero-order chi connectivity index (χ0) is 13.4. The molecule has 5 rings (SSSR count). The molecule has 3 aliphatic rings. The molecule has 3 aliphatic carbocycles. The van der Waals surface area contributed by atoms with Crippen molar-refractivity contribution in [3.63, 3.8) is 0 Å². The number of hydrogen-bond donors (Lipinski definition) is 1. The first-order valence-electron chi connectivity index (χ1n) is 7.76. The van der Waals surface area contributed by atoms with Crippen LogP contribution in [0.1, 0.15) is 31.0 Å². The van der Waals surface area contributed by atoms with E-state index in [1.165, 1.54) is 25.1 Å². The SMILES string of the molecule is CN(C)c1ccc2[nH]c(C3C4C5CCC(C5)C34)nc2n1. The van der Waals surface area contributed by atoms with Crippen molar-refractivity contribution in [1.29, 1.82) is 0 Å². The van der Waals surface area contributed by atoms with Crippen LogP contribution in [0.3, 0.4) is 0 Å². The molecule has 20 heavy (non-hydrogen) atoms. The summed E-state index contributed by atoms with van der Waals surface area (Å²) in [5, 5.41) is 0. The standard InChI is InChI=1S/C16H20N4/c1-20(2)11-6-5-10-15(18-11)19-16(17-10)14-12-8-3-4-9(7-8)13(12)14/h5-6,8-9,12-14H,3-4,7H2,1-2H3,(H,17,18,19). The second-order valence-electron chi connectivity index (χ2n) is 7.07. The first-order valence-corrected chi connectivity index (χ1v) is 7.76. The number of aromatic amines is 1. The molecule has 0 saturated heterocycles. The highest BCUT2D eigenvalue weighted by Gasteiger charge is 2.66. The van der Waals surface area contributed by atoms with Gasteiger partial charge in [0.15, 0.2) is 5.65 Å². The highest BCUT2D eigenvalue weighted by atomic mass is 15.2. The third-order valence-corrected chi connectivity index (χ3v) is 5.86. The van der Waals surface area contributed by atoms with Crippen molar-refractivity contribution in [3.05, 3.63) is 18.0 Å². The Hall–Kier alpha value is -1.58. The Morgan fingerprint density at radius 3 is 2.55 bits per heavy atom. The van der Waals surface area contributed by atoms with Crippen LogP contribution in [0, 0.1) is 23.7 Å². The van der Waals surface area contributed by atoms with Gasteiger partial charge in [0, 0.05) is 20.0 Å². The van der Waals surface area contributed by atoms with E-state index in [4.69, 9.17) is 4.98 Å². The Balaban J connectivity index is 1.52. The van der Waals surface area contributed by atoms with E-state index >= 15 is 0 Å². The smallest absolute Gasteiger partial charge is 0.179 e. The van der Waals surface area contributed by atoms with Crippen molar-refractivity contribution >= 4 is 17.0 Å². The zero-order valence-corrected chi connectivity index (χ0v) is 12.0. The maximum atomic E-state index is 4.80. The number of hydrogen-bond acceptors (Lipinski definition) is 3. The first kappa shape index (κ1) is 11.1. The van der Waals surface area contributed by atoms with Gasteiger partial charge in [-0.3, -0.25) is 0 Å². The molecule has 2 bridgehead atoms. The lowest BCUT2D eigenvalue weighted by molar-refractivity contribution is 0.456. The lowest BCUT2D eigenvalue weighted by Gasteiger charge is -2.09. The number of nitrogens with one attached hydrogen (secondary N) is 1. The molecule has 4 unspecified atom stereocenters. The second-order valence-corrected chi connectivity index (χ2v) is 7.07. The van der Waals surface area contributed by atoms with Gasteiger partial charge in [0.05, 0.1) is 5.52 Å². The second kappa shape index (κ2) is 3.54. The largest absolute Gasteiger partial charge is 0.363 e. The molecule has 0 spiro atoms. The van der Waals surface area contributed by atoms with Crippen LogP contribution in [0.15, 0.2) is 12.1 Å². The maximum Gasteiger partial charge on any atom is 0.179 e. The molecule has 3 fully saturated rings. The van der Waals surface area contributed by atoms with Gasteiger partial charge in [0.25, 0.3) is 0 Å². The Bertz CT molecular complexity index is 673. The van der Waals surface area contributed by atoms with E-state index in [0.29, 0.717) is 5.92 Å². The predicted octanol–water partition coefficient (Wildman–Crippen LogP) is 2.78. The van der Waals surface area contributed by atoms with E-state index in [2.05, 4.69) is 22.1 Å². The van der Waals surface area contributed by atoms with Crippen LogP contribution in [0.5, 0.6) is 0 Å². The number of aromatic nitrogens is 3. The lowest BCUT2D eigenvalue weighted by atomic mass is 10.0. The molecule has 2 aromatic heterocycles. The number of pyridine rings is 1. The van der Waals surface area contributed by atoms with Crippen LogP contribution in [0.4, 0.5) is 5.82 Å². The van der Waals surface area contributed by atoms with Gasteiger partial charge in [-0.15, -0.1) is 0 Å². The van der Waals surface area contributed by atoms with Crippen LogP contribution < -0.4 is 4.90 Å². The van der Waals surface area contributed by atoms with Gasteiger partial charge in [-0.1, -0.05) is 0 Å². The minimum absolute atomic E-state index is 0.707. The summed E-state index contributed by atoms with van der Waals surface area (Å²) in [4.78, 5) is 15.0. The number of imidazole rings is 1. The van der Waals surface area contributed by atoms with Crippen LogP contribution >= 0.6 is 0 Å². The highest BCUT2D eigenvalue weighted by Crippen LogP contribution is 2.72. The van der Waals surface area contributed by atoms with E-state index in [1.54, 1.807) is 0 Å². The molecule has 2 heterocycles. The zero-order valence-electron chi connectivity index (χ0n) is 12.0. The lowest BCUT2D eigenvalue weighted by Crippen LogP contribution is -2.10. The minimum Gasteiger partial charge on any atom is -0.363 e.